The zero-order chi connectivity index (χ0) is 25.0. The first-order valence-electron chi connectivity index (χ1n) is 9.72. The van der Waals surface area contributed by atoms with Gasteiger partial charge in [0.15, 0.2) is 0 Å². The van der Waals surface area contributed by atoms with Crippen LogP contribution in [0.1, 0.15) is 62.3 Å². The Kier molecular flexibility index (Phi) is 9.03. The number of H-pyrrole nitrogens is 2. The van der Waals surface area contributed by atoms with Crippen LogP contribution in [0.5, 0.6) is 0 Å². The highest BCUT2D eigenvalue weighted by Crippen LogP contribution is 2.19. The van der Waals surface area contributed by atoms with Gasteiger partial charge in [-0.1, -0.05) is 13.8 Å². The van der Waals surface area contributed by atoms with Crippen molar-refractivity contribution < 1.29 is 25.7 Å². The van der Waals surface area contributed by atoms with E-state index >= 15 is 0 Å². The lowest BCUT2D eigenvalue weighted by atomic mass is 10.1. The number of aryl methyl sites for hydroxylation is 2. The van der Waals surface area contributed by atoms with Crippen molar-refractivity contribution in [2.24, 2.45) is 10.3 Å². The molecular formula is C18H32N6O6S2+2. The molecule has 0 amide bonds. The average Bonchev–Trinajstić information content (AvgIpc) is 2.65. The van der Waals surface area contributed by atoms with Gasteiger partial charge in [-0.2, -0.15) is 0 Å². The Balaban J connectivity index is 0.000000320. The summed E-state index contributed by atoms with van der Waals surface area (Å²) in [6, 6.07) is 0. The maximum absolute atomic E-state index is 11.6. The molecule has 0 bridgehead atoms. The van der Waals surface area contributed by atoms with E-state index in [0.29, 0.717) is 31.6 Å². The molecule has 14 heteroatoms. The van der Waals surface area contributed by atoms with Gasteiger partial charge in [-0.3, -0.25) is 0 Å². The number of aromatic nitrogens is 4. The Hall–Kier alpha value is -2.42. The fourth-order valence-corrected chi connectivity index (χ4v) is 4.21. The minimum atomic E-state index is -3.64. The van der Waals surface area contributed by atoms with Gasteiger partial charge in [-0.15, -0.1) is 0 Å². The smallest absolute Gasteiger partial charge is 0.259 e. The molecule has 0 aliphatic carbocycles. The van der Waals surface area contributed by atoms with Crippen molar-refractivity contribution in [3.05, 3.63) is 57.4 Å². The molecule has 0 aliphatic rings. The van der Waals surface area contributed by atoms with Gasteiger partial charge >= 0.3 is 0 Å². The Morgan fingerprint density at radius 2 is 1.00 bits per heavy atom. The molecule has 0 aromatic carbocycles. The van der Waals surface area contributed by atoms with E-state index in [0.717, 1.165) is 0 Å². The summed E-state index contributed by atoms with van der Waals surface area (Å²) in [5.74, 6) is -0.936. The highest BCUT2D eigenvalue weighted by Gasteiger charge is 2.31. The van der Waals surface area contributed by atoms with Crippen molar-refractivity contribution in [2.45, 2.75) is 63.9 Å². The molecule has 2 rings (SSSR count). The van der Waals surface area contributed by atoms with E-state index in [-0.39, 0.29) is 0 Å². The van der Waals surface area contributed by atoms with Crippen molar-refractivity contribution in [2.75, 3.05) is 0 Å². The van der Waals surface area contributed by atoms with Crippen LogP contribution in [0.4, 0.5) is 0 Å². The number of nitrogens with two attached hydrogens (primary N) is 2. The largest absolute Gasteiger partial charge is 0.355 e. The van der Waals surface area contributed by atoms with E-state index < -0.39 is 42.4 Å². The molecule has 0 spiro atoms. The third-order valence-corrected chi connectivity index (χ3v) is 8.29. The molecule has 2 aromatic heterocycles. The molecular weight excluding hydrogens is 460 g/mol. The molecule has 0 saturated carbocycles. The van der Waals surface area contributed by atoms with Crippen LogP contribution in [0.3, 0.4) is 0 Å². The van der Waals surface area contributed by atoms with Crippen LogP contribution in [0.2, 0.25) is 0 Å². The zero-order valence-electron chi connectivity index (χ0n) is 18.9. The summed E-state index contributed by atoms with van der Waals surface area (Å²) in [7, 11) is -7.29. The highest BCUT2D eigenvalue weighted by atomic mass is 32.2. The SMILES string of the molecule is Cc1c[n+](=O)c([C@@H](C)[C@H](C)S(N)(=O)=O)c[nH]1.Cc1c[n+](=O)c([C@H](C)[C@@H](C)S(N)(=O)=O)c[nH]1. The van der Waals surface area contributed by atoms with E-state index in [1.54, 1.807) is 27.7 Å². The Labute approximate surface area is 187 Å². The molecule has 0 radical (unpaired) electrons. The van der Waals surface area contributed by atoms with E-state index in [2.05, 4.69) is 9.97 Å². The molecule has 180 valence electrons. The number of aromatic amines is 2. The van der Waals surface area contributed by atoms with Gasteiger partial charge < -0.3 is 9.97 Å². The lowest BCUT2D eigenvalue weighted by Gasteiger charge is -2.12. The molecule has 6 N–H and O–H groups in total. The highest BCUT2D eigenvalue weighted by molar-refractivity contribution is 7.90. The van der Waals surface area contributed by atoms with Crippen LogP contribution in [0, 0.1) is 23.7 Å². The normalized spacial score (nSPS) is 15.8. The fourth-order valence-electron chi connectivity index (χ4n) is 2.79. The average molecular weight is 493 g/mol. The lowest BCUT2D eigenvalue weighted by molar-refractivity contribution is -0.508. The summed E-state index contributed by atoms with van der Waals surface area (Å²) in [5, 5.41) is 8.49. The standard InChI is InChI=1S/2C9H16N3O3S/c2*1-6-5-12(13)9(4-11-6)7(2)8(3)16(10,14)15/h2*4-5,7-8H,1-3H3,(H,11,13)(H2,10,14,15)/q2*+1/t2*7-,8-/m10/s1. The van der Waals surface area contributed by atoms with Crippen molar-refractivity contribution in [3.8, 4) is 0 Å². The first kappa shape index (κ1) is 27.6. The summed E-state index contributed by atoms with van der Waals surface area (Å²) in [5.41, 5.74) is 2.11. The monoisotopic (exact) mass is 492 g/mol. The molecule has 4 atom stereocenters. The van der Waals surface area contributed by atoms with Gasteiger partial charge in [0.1, 0.15) is 0 Å². The van der Waals surface area contributed by atoms with Crippen LogP contribution in [0.15, 0.2) is 24.8 Å². The zero-order valence-corrected chi connectivity index (χ0v) is 20.6. The van der Waals surface area contributed by atoms with E-state index in [1.807, 2.05) is 0 Å². The van der Waals surface area contributed by atoms with Crippen molar-refractivity contribution in [1.82, 2.24) is 9.97 Å². The maximum atomic E-state index is 11.6. The fraction of sp³-hybridized carbons (Fsp3) is 0.556. The second-order valence-electron chi connectivity index (χ2n) is 7.87. The van der Waals surface area contributed by atoms with E-state index in [9.17, 15) is 26.6 Å². The summed E-state index contributed by atoms with van der Waals surface area (Å²) < 4.78 is 46.1. The summed E-state index contributed by atoms with van der Waals surface area (Å²) in [4.78, 5) is 28.9. The first-order chi connectivity index (χ1) is 14.5. The van der Waals surface area contributed by atoms with Crippen LogP contribution < -0.4 is 19.1 Å². The molecule has 2 aromatic rings. The van der Waals surface area contributed by atoms with Gasteiger partial charge in [-0.05, 0) is 27.7 Å². The predicted molar refractivity (Wildman–Crippen MR) is 120 cm³/mol. The van der Waals surface area contributed by atoms with Crippen molar-refractivity contribution in [1.29, 1.82) is 0 Å². The van der Waals surface area contributed by atoms with Gasteiger partial charge in [-0.25, -0.2) is 27.1 Å². The molecule has 2 heterocycles. The Bertz CT molecular complexity index is 1170. The molecule has 0 saturated heterocycles. The molecule has 32 heavy (non-hydrogen) atoms. The quantitative estimate of drug-likeness (QED) is 0.410. The Morgan fingerprint density at radius 1 is 0.719 bits per heavy atom. The number of nitrogens with zero attached hydrogens (tertiary/aromatic N) is 2. The predicted octanol–water partition coefficient (Wildman–Crippen LogP) is 0.0362. The minimum absolute atomic E-state index is 0.354. The number of rotatable bonds is 6. The van der Waals surface area contributed by atoms with Gasteiger partial charge in [0, 0.05) is 9.81 Å². The summed E-state index contributed by atoms with van der Waals surface area (Å²) in [6.07, 6.45) is 5.74. The second-order valence-corrected chi connectivity index (χ2v) is 11.7. The topological polar surface area (TPSA) is 198 Å². The molecule has 12 nitrogen and oxygen atoms in total. The summed E-state index contributed by atoms with van der Waals surface area (Å²) in [6.45, 7) is 9.77. The Morgan fingerprint density at radius 3 is 1.22 bits per heavy atom. The number of primary sulfonamides is 2. The number of hydrogen-bond acceptors (Lipinski definition) is 6. The lowest BCUT2D eigenvalue weighted by Crippen LogP contribution is -2.35. The number of hydrogen-bond donors (Lipinski definition) is 4. The first-order valence-corrected chi connectivity index (χ1v) is 12.9. The van der Waals surface area contributed by atoms with E-state index in [4.69, 9.17) is 10.3 Å². The van der Waals surface area contributed by atoms with E-state index in [1.165, 1.54) is 38.6 Å². The number of sulfonamides is 2. The summed E-state index contributed by atoms with van der Waals surface area (Å²) >= 11 is 0. The third kappa shape index (κ3) is 7.32. The minimum Gasteiger partial charge on any atom is -0.355 e. The molecule has 0 unspecified atom stereocenters. The van der Waals surface area contributed by atoms with Gasteiger partial charge in [0.2, 0.25) is 32.4 Å². The molecule has 0 fully saturated rings. The van der Waals surface area contributed by atoms with Gasteiger partial charge in [0.05, 0.1) is 55.0 Å². The molecule has 0 aliphatic heterocycles. The van der Waals surface area contributed by atoms with Crippen LogP contribution in [0.25, 0.3) is 0 Å². The van der Waals surface area contributed by atoms with Crippen molar-refractivity contribution in [3.63, 3.8) is 0 Å². The maximum Gasteiger partial charge on any atom is 0.259 e. The van der Waals surface area contributed by atoms with Crippen LogP contribution in [-0.4, -0.2) is 37.3 Å². The van der Waals surface area contributed by atoms with Crippen LogP contribution >= 0.6 is 0 Å². The van der Waals surface area contributed by atoms with Gasteiger partial charge in [0.25, 0.3) is 11.4 Å². The third-order valence-electron chi connectivity index (χ3n) is 5.40. The number of nitrogens with one attached hydrogen (secondary N) is 2. The van der Waals surface area contributed by atoms with Crippen LogP contribution in [-0.2, 0) is 20.0 Å². The van der Waals surface area contributed by atoms with Crippen molar-refractivity contribution >= 4 is 20.0 Å². The second kappa shape index (κ2) is 10.5.